The maximum absolute atomic E-state index is 12.3. The molecule has 1 N–H and O–H groups in total. The van der Waals surface area contributed by atoms with Crippen LogP contribution in [0.1, 0.15) is 15.9 Å². The van der Waals surface area contributed by atoms with Gasteiger partial charge in [-0.15, -0.1) is 0 Å². The number of ether oxygens (including phenoxy) is 3. The fraction of sp³-hybridized carbons (Fsp3) is 0.312. The van der Waals surface area contributed by atoms with E-state index in [9.17, 15) is 4.79 Å². The molecular weight excluding hydrogens is 284 g/mol. The molecule has 0 aliphatic carbocycles. The Morgan fingerprint density at radius 3 is 2.23 bits per heavy atom. The lowest BCUT2D eigenvalue weighted by Crippen LogP contribution is -2.22. The Labute approximate surface area is 129 Å². The molecule has 2 aromatic rings. The van der Waals surface area contributed by atoms with Gasteiger partial charge in [0.15, 0.2) is 11.5 Å². The van der Waals surface area contributed by atoms with Crippen LogP contribution >= 0.6 is 0 Å². The number of aryl methyl sites for hydroxylation is 1. The molecule has 6 heteroatoms. The van der Waals surface area contributed by atoms with Crippen LogP contribution in [0.4, 0.5) is 0 Å². The van der Waals surface area contributed by atoms with Crippen LogP contribution < -0.4 is 19.5 Å². The van der Waals surface area contributed by atoms with E-state index >= 15 is 0 Å². The van der Waals surface area contributed by atoms with E-state index in [1.807, 2.05) is 30.1 Å². The number of benzene rings is 1. The Bertz CT molecular complexity index is 639. The normalized spacial score (nSPS) is 10.2. The van der Waals surface area contributed by atoms with Gasteiger partial charge in [0.25, 0.3) is 5.91 Å². The third-order valence-corrected chi connectivity index (χ3v) is 3.27. The lowest BCUT2D eigenvalue weighted by Gasteiger charge is -2.14. The molecule has 0 fully saturated rings. The zero-order chi connectivity index (χ0) is 16.1. The third-order valence-electron chi connectivity index (χ3n) is 3.27. The van der Waals surface area contributed by atoms with Crippen LogP contribution in [0.15, 0.2) is 30.6 Å². The second-order valence-corrected chi connectivity index (χ2v) is 4.78. The summed E-state index contributed by atoms with van der Waals surface area (Å²) >= 11 is 0. The van der Waals surface area contributed by atoms with Gasteiger partial charge in [0.1, 0.15) is 0 Å². The van der Waals surface area contributed by atoms with Gasteiger partial charge in [-0.2, -0.15) is 0 Å². The summed E-state index contributed by atoms with van der Waals surface area (Å²) in [4.78, 5) is 12.3. The standard InChI is InChI=1S/C16H20N2O4/c1-18-6-5-11(10-18)9-17-16(19)12-7-13(20-2)15(22-4)14(8-12)21-3/h5-8,10H,9H2,1-4H3,(H,17,19). The monoisotopic (exact) mass is 304 g/mol. The van der Waals surface area contributed by atoms with Crippen LogP contribution in [0.2, 0.25) is 0 Å². The van der Waals surface area contributed by atoms with Gasteiger partial charge in [-0.1, -0.05) is 0 Å². The van der Waals surface area contributed by atoms with E-state index in [2.05, 4.69) is 5.32 Å². The summed E-state index contributed by atoms with van der Waals surface area (Å²) in [5, 5.41) is 2.86. The second kappa shape index (κ2) is 6.89. The van der Waals surface area contributed by atoms with E-state index in [0.717, 1.165) is 5.56 Å². The van der Waals surface area contributed by atoms with Gasteiger partial charge in [0.2, 0.25) is 5.75 Å². The first-order valence-corrected chi connectivity index (χ1v) is 6.78. The number of nitrogens with zero attached hydrogens (tertiary/aromatic N) is 1. The maximum Gasteiger partial charge on any atom is 0.251 e. The summed E-state index contributed by atoms with van der Waals surface area (Å²) in [6.07, 6.45) is 3.89. The number of carbonyl (C=O) groups excluding carboxylic acids is 1. The number of methoxy groups -OCH3 is 3. The number of carbonyl (C=O) groups is 1. The highest BCUT2D eigenvalue weighted by molar-refractivity contribution is 5.95. The van der Waals surface area contributed by atoms with E-state index in [0.29, 0.717) is 29.4 Å². The molecule has 1 aromatic carbocycles. The van der Waals surface area contributed by atoms with E-state index in [1.165, 1.54) is 21.3 Å². The number of hydrogen-bond donors (Lipinski definition) is 1. The quantitative estimate of drug-likeness (QED) is 0.886. The molecule has 0 aliphatic heterocycles. The van der Waals surface area contributed by atoms with E-state index < -0.39 is 0 Å². The smallest absolute Gasteiger partial charge is 0.251 e. The van der Waals surface area contributed by atoms with Crippen molar-refractivity contribution in [2.75, 3.05) is 21.3 Å². The van der Waals surface area contributed by atoms with Crippen molar-refractivity contribution in [2.24, 2.45) is 7.05 Å². The minimum Gasteiger partial charge on any atom is -0.493 e. The molecule has 0 spiro atoms. The zero-order valence-electron chi connectivity index (χ0n) is 13.2. The van der Waals surface area contributed by atoms with Crippen LogP contribution in [-0.4, -0.2) is 31.8 Å². The number of nitrogens with one attached hydrogen (secondary N) is 1. The lowest BCUT2D eigenvalue weighted by atomic mass is 10.1. The summed E-state index contributed by atoms with van der Waals surface area (Å²) in [5.74, 6) is 1.16. The third kappa shape index (κ3) is 3.33. The fourth-order valence-corrected chi connectivity index (χ4v) is 2.16. The highest BCUT2D eigenvalue weighted by Crippen LogP contribution is 2.38. The maximum atomic E-state index is 12.3. The minimum atomic E-state index is -0.205. The predicted octanol–water partition coefficient (Wildman–Crippen LogP) is 1.98. The van der Waals surface area contributed by atoms with Crippen molar-refractivity contribution in [3.8, 4) is 17.2 Å². The Balaban J connectivity index is 2.18. The van der Waals surface area contributed by atoms with Crippen molar-refractivity contribution in [3.05, 3.63) is 41.7 Å². The molecule has 118 valence electrons. The molecule has 2 rings (SSSR count). The lowest BCUT2D eigenvalue weighted by molar-refractivity contribution is 0.0950. The van der Waals surface area contributed by atoms with Crippen LogP contribution in [0.5, 0.6) is 17.2 Å². The van der Waals surface area contributed by atoms with Gasteiger partial charge >= 0.3 is 0 Å². The Morgan fingerprint density at radius 2 is 1.77 bits per heavy atom. The van der Waals surface area contributed by atoms with Gasteiger partial charge in [-0.05, 0) is 23.8 Å². The Hall–Kier alpha value is -2.63. The molecule has 1 heterocycles. The van der Waals surface area contributed by atoms with Gasteiger partial charge in [0.05, 0.1) is 21.3 Å². The Kier molecular flexibility index (Phi) is 4.93. The second-order valence-electron chi connectivity index (χ2n) is 4.78. The molecular formula is C16H20N2O4. The molecule has 0 unspecified atom stereocenters. The molecule has 0 saturated carbocycles. The van der Waals surface area contributed by atoms with E-state index in [-0.39, 0.29) is 5.91 Å². The molecule has 6 nitrogen and oxygen atoms in total. The molecule has 1 amide bonds. The van der Waals surface area contributed by atoms with Gasteiger partial charge in [-0.25, -0.2) is 0 Å². The predicted molar refractivity (Wildman–Crippen MR) is 82.7 cm³/mol. The first kappa shape index (κ1) is 15.8. The largest absolute Gasteiger partial charge is 0.493 e. The van der Waals surface area contributed by atoms with Crippen LogP contribution in [0.3, 0.4) is 0 Å². The van der Waals surface area contributed by atoms with Crippen LogP contribution in [0, 0.1) is 0 Å². The highest BCUT2D eigenvalue weighted by atomic mass is 16.5. The van der Waals surface area contributed by atoms with Gasteiger partial charge in [-0.3, -0.25) is 4.79 Å². The molecule has 0 aliphatic rings. The van der Waals surface area contributed by atoms with Gasteiger partial charge in [0, 0.05) is 31.5 Å². The molecule has 0 bridgehead atoms. The summed E-state index contributed by atoms with van der Waals surface area (Å²) in [5.41, 5.74) is 1.48. The first-order valence-electron chi connectivity index (χ1n) is 6.78. The van der Waals surface area contributed by atoms with Crippen molar-refractivity contribution < 1.29 is 19.0 Å². The van der Waals surface area contributed by atoms with Crippen molar-refractivity contribution in [3.63, 3.8) is 0 Å². The topological polar surface area (TPSA) is 61.7 Å². The summed E-state index contributed by atoms with van der Waals surface area (Å²) in [6.45, 7) is 0.455. The molecule has 0 atom stereocenters. The van der Waals surface area contributed by atoms with Crippen LogP contribution in [-0.2, 0) is 13.6 Å². The first-order chi connectivity index (χ1) is 10.6. The summed E-state index contributed by atoms with van der Waals surface area (Å²) < 4.78 is 17.7. The summed E-state index contributed by atoms with van der Waals surface area (Å²) in [7, 11) is 6.49. The number of amides is 1. The molecule has 0 radical (unpaired) electrons. The van der Waals surface area contributed by atoms with Crippen LogP contribution in [0.25, 0.3) is 0 Å². The van der Waals surface area contributed by atoms with E-state index in [4.69, 9.17) is 14.2 Å². The highest BCUT2D eigenvalue weighted by Gasteiger charge is 2.16. The van der Waals surface area contributed by atoms with Crippen molar-refractivity contribution in [1.29, 1.82) is 0 Å². The van der Waals surface area contributed by atoms with Crippen molar-refractivity contribution in [2.45, 2.75) is 6.54 Å². The Morgan fingerprint density at radius 1 is 1.14 bits per heavy atom. The van der Waals surface area contributed by atoms with Gasteiger partial charge < -0.3 is 24.1 Å². The zero-order valence-corrected chi connectivity index (χ0v) is 13.2. The number of rotatable bonds is 6. The van der Waals surface area contributed by atoms with Crippen molar-refractivity contribution in [1.82, 2.24) is 9.88 Å². The summed E-state index contributed by atoms with van der Waals surface area (Å²) in [6, 6.07) is 5.21. The molecule has 22 heavy (non-hydrogen) atoms. The average molecular weight is 304 g/mol. The minimum absolute atomic E-state index is 0.205. The van der Waals surface area contributed by atoms with Crippen molar-refractivity contribution >= 4 is 5.91 Å². The molecule has 1 aromatic heterocycles. The SMILES string of the molecule is COc1cc(C(=O)NCc2ccn(C)c2)cc(OC)c1OC. The average Bonchev–Trinajstić information content (AvgIpc) is 2.96. The number of hydrogen-bond acceptors (Lipinski definition) is 4. The molecule has 0 saturated heterocycles. The number of aromatic nitrogens is 1. The van der Waals surface area contributed by atoms with E-state index in [1.54, 1.807) is 12.1 Å². The fourth-order valence-electron chi connectivity index (χ4n) is 2.16.